The van der Waals surface area contributed by atoms with Crippen LogP contribution in [0, 0.1) is 5.92 Å². The molecule has 1 aliphatic heterocycles. The van der Waals surface area contributed by atoms with Crippen molar-refractivity contribution in [2.45, 2.75) is 69.0 Å². The Balaban J connectivity index is 1.15. The van der Waals surface area contributed by atoms with Gasteiger partial charge in [0.2, 0.25) is 0 Å². The molecule has 2 atom stereocenters. The first kappa shape index (κ1) is 19.7. The van der Waals surface area contributed by atoms with Crippen molar-refractivity contribution < 1.29 is 13.9 Å². The molecule has 2 saturated carbocycles. The van der Waals surface area contributed by atoms with Crippen molar-refractivity contribution >= 4 is 6.09 Å². The molecule has 2 aliphatic carbocycles. The number of halogens is 1. The standard InChI is InChI=1S/C23H33FN2O2/c24-23(17-25-21-15-20(21)19-9-5-2-6-10-19)11-13-26(14-12-23)22(27)28-16-18-7-3-1-4-8-18/h2,5-6,9-10,18,20-21,25H,1,3-4,7-8,11-17H2. The van der Waals surface area contributed by atoms with Gasteiger partial charge in [-0.2, -0.15) is 0 Å². The molecule has 1 N–H and O–H groups in total. The fourth-order valence-electron chi connectivity index (χ4n) is 4.70. The van der Waals surface area contributed by atoms with Crippen LogP contribution in [0.1, 0.15) is 62.8 Å². The lowest BCUT2D eigenvalue weighted by Crippen LogP contribution is -2.49. The van der Waals surface area contributed by atoms with Gasteiger partial charge in [-0.15, -0.1) is 0 Å². The van der Waals surface area contributed by atoms with Crippen LogP contribution in [0.3, 0.4) is 0 Å². The molecule has 2 unspecified atom stereocenters. The van der Waals surface area contributed by atoms with E-state index in [2.05, 4.69) is 29.6 Å². The molecule has 28 heavy (non-hydrogen) atoms. The summed E-state index contributed by atoms with van der Waals surface area (Å²) in [5, 5.41) is 3.42. The second-order valence-electron chi connectivity index (χ2n) is 8.96. The van der Waals surface area contributed by atoms with Gasteiger partial charge >= 0.3 is 6.09 Å². The maximum absolute atomic E-state index is 15.2. The number of hydrogen-bond acceptors (Lipinski definition) is 3. The molecule has 1 saturated heterocycles. The minimum absolute atomic E-state index is 0.257. The predicted molar refractivity (Wildman–Crippen MR) is 108 cm³/mol. The molecule has 3 aliphatic rings. The summed E-state index contributed by atoms with van der Waals surface area (Å²) >= 11 is 0. The zero-order valence-electron chi connectivity index (χ0n) is 16.7. The lowest BCUT2D eigenvalue weighted by Gasteiger charge is -2.36. The van der Waals surface area contributed by atoms with Crippen molar-refractivity contribution in [2.24, 2.45) is 5.92 Å². The Bertz CT molecular complexity index is 639. The van der Waals surface area contributed by atoms with E-state index >= 15 is 4.39 Å². The first-order valence-corrected chi connectivity index (χ1v) is 11.0. The minimum atomic E-state index is -1.22. The first-order valence-electron chi connectivity index (χ1n) is 11.0. The summed E-state index contributed by atoms with van der Waals surface area (Å²) in [6.07, 6.45) is 7.73. The molecule has 1 aromatic rings. The van der Waals surface area contributed by atoms with Crippen LogP contribution in [0.5, 0.6) is 0 Å². The number of nitrogens with zero attached hydrogens (tertiary/aromatic N) is 1. The van der Waals surface area contributed by atoms with E-state index in [9.17, 15) is 4.79 Å². The van der Waals surface area contributed by atoms with Gasteiger partial charge in [-0.05, 0) is 30.7 Å². The molecule has 5 heteroatoms. The van der Waals surface area contributed by atoms with Crippen LogP contribution in [0.4, 0.5) is 9.18 Å². The molecule has 1 amide bonds. The number of ether oxygens (including phenoxy) is 1. The summed E-state index contributed by atoms with van der Waals surface area (Å²) in [4.78, 5) is 14.0. The number of hydrogen-bond donors (Lipinski definition) is 1. The first-order chi connectivity index (χ1) is 13.6. The topological polar surface area (TPSA) is 41.6 Å². The zero-order valence-corrected chi connectivity index (χ0v) is 16.7. The summed E-state index contributed by atoms with van der Waals surface area (Å²) < 4.78 is 20.7. The highest BCUT2D eigenvalue weighted by Crippen LogP contribution is 2.41. The van der Waals surface area contributed by atoms with E-state index in [4.69, 9.17) is 4.74 Å². The molecule has 3 fully saturated rings. The summed E-state index contributed by atoms with van der Waals surface area (Å²) in [5.74, 6) is 1.03. The number of alkyl halides is 1. The molecular weight excluding hydrogens is 355 g/mol. The van der Waals surface area contributed by atoms with Crippen LogP contribution < -0.4 is 5.32 Å². The lowest BCUT2D eigenvalue weighted by molar-refractivity contribution is 0.0358. The van der Waals surface area contributed by atoms with Crippen molar-refractivity contribution in [1.29, 1.82) is 0 Å². The number of likely N-dealkylation sites (tertiary alicyclic amines) is 1. The van der Waals surface area contributed by atoms with E-state index in [0.29, 0.717) is 57.0 Å². The quantitative estimate of drug-likeness (QED) is 0.771. The van der Waals surface area contributed by atoms with Crippen LogP contribution in [0.15, 0.2) is 30.3 Å². The number of amides is 1. The Morgan fingerprint density at radius 1 is 1.14 bits per heavy atom. The normalized spacial score (nSPS) is 27.4. The second-order valence-corrected chi connectivity index (χ2v) is 8.96. The van der Waals surface area contributed by atoms with Crippen molar-refractivity contribution in [3.63, 3.8) is 0 Å². The van der Waals surface area contributed by atoms with Gasteiger partial charge in [0, 0.05) is 44.4 Å². The monoisotopic (exact) mass is 388 g/mol. The van der Waals surface area contributed by atoms with Crippen molar-refractivity contribution in [1.82, 2.24) is 10.2 Å². The molecule has 0 aromatic heterocycles. The number of carbonyl (C=O) groups is 1. The molecule has 1 aromatic carbocycles. The van der Waals surface area contributed by atoms with Crippen LogP contribution >= 0.6 is 0 Å². The molecule has 4 rings (SSSR count). The van der Waals surface area contributed by atoms with E-state index in [1.807, 2.05) is 6.07 Å². The fourth-order valence-corrected chi connectivity index (χ4v) is 4.70. The van der Waals surface area contributed by atoms with E-state index in [1.54, 1.807) is 4.90 Å². The summed E-state index contributed by atoms with van der Waals surface area (Å²) in [5.41, 5.74) is 0.118. The van der Waals surface area contributed by atoms with Crippen LogP contribution in [-0.4, -0.2) is 48.9 Å². The van der Waals surface area contributed by atoms with Crippen LogP contribution in [-0.2, 0) is 4.74 Å². The average molecular weight is 389 g/mol. The molecular formula is C23H33FN2O2. The second kappa shape index (κ2) is 8.81. The van der Waals surface area contributed by atoms with Gasteiger partial charge in [0.25, 0.3) is 0 Å². The van der Waals surface area contributed by atoms with Gasteiger partial charge in [0.1, 0.15) is 5.67 Å². The summed E-state index contributed by atoms with van der Waals surface area (Å²) in [6.45, 7) is 1.81. The molecule has 0 radical (unpaired) electrons. The van der Waals surface area contributed by atoms with E-state index in [0.717, 1.165) is 19.3 Å². The lowest BCUT2D eigenvalue weighted by atomic mass is 9.90. The van der Waals surface area contributed by atoms with Crippen molar-refractivity contribution in [3.8, 4) is 0 Å². The van der Waals surface area contributed by atoms with Crippen LogP contribution in [0.25, 0.3) is 0 Å². The van der Waals surface area contributed by atoms with Crippen molar-refractivity contribution in [3.05, 3.63) is 35.9 Å². The minimum Gasteiger partial charge on any atom is -0.449 e. The number of piperidine rings is 1. The van der Waals surface area contributed by atoms with E-state index in [1.165, 1.54) is 24.8 Å². The van der Waals surface area contributed by atoms with Crippen LogP contribution in [0.2, 0.25) is 0 Å². The Hall–Kier alpha value is -1.62. The predicted octanol–water partition coefficient (Wildman–Crippen LogP) is 4.65. The number of carbonyl (C=O) groups excluding carboxylic acids is 1. The van der Waals surface area contributed by atoms with Gasteiger partial charge in [-0.25, -0.2) is 9.18 Å². The Morgan fingerprint density at radius 3 is 2.57 bits per heavy atom. The largest absolute Gasteiger partial charge is 0.449 e. The molecule has 154 valence electrons. The van der Waals surface area contributed by atoms with Gasteiger partial charge in [0.05, 0.1) is 6.61 Å². The third kappa shape index (κ3) is 5.05. The maximum atomic E-state index is 15.2. The van der Waals surface area contributed by atoms with Gasteiger partial charge in [-0.3, -0.25) is 0 Å². The number of rotatable bonds is 6. The number of benzene rings is 1. The molecule has 0 bridgehead atoms. The van der Waals surface area contributed by atoms with Gasteiger partial charge in [-0.1, -0.05) is 49.6 Å². The number of nitrogens with one attached hydrogen (secondary N) is 1. The highest BCUT2D eigenvalue weighted by atomic mass is 19.1. The molecule has 0 spiro atoms. The maximum Gasteiger partial charge on any atom is 0.409 e. The average Bonchev–Trinajstić information content (AvgIpc) is 3.53. The highest BCUT2D eigenvalue weighted by Gasteiger charge is 2.42. The van der Waals surface area contributed by atoms with Crippen molar-refractivity contribution in [2.75, 3.05) is 26.2 Å². The fraction of sp³-hybridized carbons (Fsp3) is 0.696. The molecule has 1 heterocycles. The van der Waals surface area contributed by atoms with Gasteiger partial charge < -0.3 is 15.0 Å². The molecule has 4 nitrogen and oxygen atoms in total. The third-order valence-electron chi connectivity index (χ3n) is 6.78. The summed E-state index contributed by atoms with van der Waals surface area (Å²) in [7, 11) is 0. The Labute approximate surface area is 167 Å². The van der Waals surface area contributed by atoms with E-state index in [-0.39, 0.29) is 6.09 Å². The smallest absolute Gasteiger partial charge is 0.409 e. The summed E-state index contributed by atoms with van der Waals surface area (Å²) in [6, 6.07) is 10.8. The van der Waals surface area contributed by atoms with E-state index < -0.39 is 5.67 Å². The zero-order chi connectivity index (χ0) is 19.4. The highest BCUT2D eigenvalue weighted by molar-refractivity contribution is 5.67. The van der Waals surface area contributed by atoms with Gasteiger partial charge in [0.15, 0.2) is 0 Å². The third-order valence-corrected chi connectivity index (χ3v) is 6.78. The Kier molecular flexibility index (Phi) is 6.19. The Morgan fingerprint density at radius 2 is 1.86 bits per heavy atom. The SMILES string of the molecule is O=C(OCC1CCCCC1)N1CCC(F)(CNC2CC2c2ccccc2)CC1.